The lowest BCUT2D eigenvalue weighted by molar-refractivity contribution is -0.384. The largest absolute Gasteiger partial charge is 0.399 e. The number of aromatic amines is 1. The highest BCUT2D eigenvalue weighted by Gasteiger charge is 2.14. The van der Waals surface area contributed by atoms with E-state index < -0.39 is 26.0 Å². The van der Waals surface area contributed by atoms with Crippen LogP contribution >= 0.6 is 90.4 Å². The number of H-pyrrole nitrogens is 1. The summed E-state index contributed by atoms with van der Waals surface area (Å²) >= 11 is 9.34. The average Bonchev–Trinajstić information content (AvgIpc) is 3.89. The number of ether oxygens (including phenoxy) is 2. The predicted molar refractivity (Wildman–Crippen MR) is 301 cm³/mol. The van der Waals surface area contributed by atoms with E-state index in [4.69, 9.17) is 15.2 Å². The summed E-state index contributed by atoms with van der Waals surface area (Å²) < 4.78 is 16.4. The first-order valence-corrected chi connectivity index (χ1v) is 31.4. The minimum Gasteiger partial charge on any atom is -0.399 e. The van der Waals surface area contributed by atoms with Crippen LogP contribution < -0.4 is 5.73 Å². The lowest BCUT2D eigenvalue weighted by Crippen LogP contribution is -2.22. The topological polar surface area (TPSA) is 195 Å². The molecule has 3 aromatic heterocycles. The highest BCUT2D eigenvalue weighted by atomic mass is 127. The molecular formula is C41H67I4N9O6Si2. The van der Waals surface area contributed by atoms with Crippen molar-refractivity contribution < 1.29 is 19.3 Å². The Kier molecular flexibility index (Phi) is 31.0. The fourth-order valence-corrected chi connectivity index (χ4v) is 6.04. The number of rotatable bonds is 12. The quantitative estimate of drug-likeness (QED) is 0.0226. The summed E-state index contributed by atoms with van der Waals surface area (Å²) in [6, 6.07) is 17.2. The Balaban J connectivity index is 0. The summed E-state index contributed by atoms with van der Waals surface area (Å²) in [4.78, 5) is 20.2. The molecule has 0 unspecified atom stereocenters. The lowest BCUT2D eigenvalue weighted by Gasteiger charge is -2.15. The van der Waals surface area contributed by atoms with E-state index in [9.17, 15) is 20.2 Å². The van der Waals surface area contributed by atoms with E-state index in [0.717, 1.165) is 57.7 Å². The van der Waals surface area contributed by atoms with E-state index in [0.29, 0.717) is 12.9 Å². The number of nitrogens with two attached hydrogens (primary N) is 1. The summed E-state index contributed by atoms with van der Waals surface area (Å²) in [5, 5.41) is 38.9. The molecule has 0 aliphatic carbocycles. The zero-order chi connectivity index (χ0) is 45.7. The van der Waals surface area contributed by atoms with Crippen LogP contribution in [0.5, 0.6) is 0 Å². The molecule has 3 N–H and O–H groups in total. The molecule has 3 heterocycles. The highest BCUT2D eigenvalue weighted by Crippen LogP contribution is 2.33. The third-order valence-electron chi connectivity index (χ3n) is 7.40. The zero-order valence-electron chi connectivity index (χ0n) is 36.0. The van der Waals surface area contributed by atoms with E-state index in [-0.39, 0.29) is 26.2 Å². The van der Waals surface area contributed by atoms with Gasteiger partial charge in [-0.15, -0.1) is 0 Å². The third-order valence-corrected chi connectivity index (χ3v) is 10.8. The number of nitrogen functional groups attached to an aromatic ring is 1. The number of hydrogen-bond acceptors (Lipinski definition) is 10. The van der Waals surface area contributed by atoms with Gasteiger partial charge in [0.15, 0.2) is 0 Å². The SMILES string of the molecule is C.C.CC.CC(I)(I)I.CCI.C[Si](C)(C)CCOCn1cc2cc(N)ccc2n1.C[Si](C)(C)CCOCn1cc2cc([N+](=O)[O-])ccc2n1.O=[N+]([O-])c1ccc2[nH]ncc2c1. The van der Waals surface area contributed by atoms with Gasteiger partial charge in [-0.1, -0.05) is 165 Å². The summed E-state index contributed by atoms with van der Waals surface area (Å²) in [7, 11) is -2.08. The zero-order valence-corrected chi connectivity index (χ0v) is 46.7. The minimum atomic E-state index is -1.08. The van der Waals surface area contributed by atoms with Crippen molar-refractivity contribution in [1.29, 1.82) is 0 Å². The van der Waals surface area contributed by atoms with Crippen molar-refractivity contribution in [3.05, 3.63) is 93.4 Å². The maximum absolute atomic E-state index is 10.7. The van der Waals surface area contributed by atoms with Gasteiger partial charge in [-0.3, -0.25) is 25.3 Å². The first kappa shape index (κ1) is 62.0. The van der Waals surface area contributed by atoms with Crippen LogP contribution in [-0.2, 0) is 22.9 Å². The molecule has 0 bridgehead atoms. The Morgan fingerprint density at radius 3 is 1.55 bits per heavy atom. The van der Waals surface area contributed by atoms with Gasteiger partial charge in [0.1, 0.15) is 12.9 Å². The lowest BCUT2D eigenvalue weighted by atomic mass is 10.2. The first-order chi connectivity index (χ1) is 28.0. The van der Waals surface area contributed by atoms with Crippen molar-refractivity contribution in [2.45, 2.75) is 107 Å². The molecule has 15 nitrogen and oxygen atoms in total. The molecule has 0 radical (unpaired) electrons. The minimum absolute atomic E-state index is 0. The second kappa shape index (κ2) is 31.0. The van der Waals surface area contributed by atoms with E-state index in [1.165, 1.54) is 34.7 Å². The van der Waals surface area contributed by atoms with Crippen molar-refractivity contribution in [2.75, 3.05) is 23.4 Å². The number of halogens is 4. The van der Waals surface area contributed by atoms with Crippen LogP contribution in [0.3, 0.4) is 0 Å². The number of nitrogens with one attached hydrogen (secondary N) is 1. The fourth-order valence-electron chi connectivity index (χ4n) is 4.52. The van der Waals surface area contributed by atoms with Crippen LogP contribution in [0.25, 0.3) is 32.7 Å². The highest BCUT2D eigenvalue weighted by molar-refractivity contribution is 14.3. The van der Waals surface area contributed by atoms with Crippen LogP contribution in [0.2, 0.25) is 51.4 Å². The average molecular weight is 1350 g/mol. The normalized spacial score (nSPS) is 10.7. The van der Waals surface area contributed by atoms with Crippen LogP contribution in [0.15, 0.2) is 73.2 Å². The molecule has 6 aromatic rings. The molecule has 6 rings (SSSR count). The standard InChI is InChI=1S/C13H19N3O3Si.C13H21N3OSi.C7H5N3O2.C2H3I3.C2H5I.C2H6.2CH4/c1-20(2,3)7-6-19-10-15-9-11-8-12(16(17)18)4-5-13(11)14-15;1-18(2,3)7-6-17-10-16-9-11-8-12(14)4-5-13(11)15-16;11-10(12)6-1-2-7-5(3-6)4-8-9-7;1-2(3,4)5;1-2-3;1-2;;/h4-5,8-9H,6-7,10H2,1-3H3;4-5,8-9H,6-7,10,14H2,1-3H3;1-4H,(H,8,9);1H3;2H2,1H3;1-2H3;2*1H4. The second-order valence-corrected chi connectivity index (χ2v) is 40.7. The molecule has 348 valence electrons. The first-order valence-electron chi connectivity index (χ1n) is 19.2. The number of nitrogens with zero attached hydrogens (tertiary/aromatic N) is 7. The summed E-state index contributed by atoms with van der Waals surface area (Å²) in [5.41, 5.74) is 9.17. The maximum atomic E-state index is 10.7. The van der Waals surface area contributed by atoms with Crippen molar-refractivity contribution >= 4 is 156 Å². The summed E-state index contributed by atoms with van der Waals surface area (Å²) in [6.07, 6.45) is 5.30. The number of fused-ring (bicyclic) bond motifs is 3. The third kappa shape index (κ3) is 27.3. The Labute approximate surface area is 424 Å². The van der Waals surface area contributed by atoms with Gasteiger partial charge in [-0.05, 0) is 53.8 Å². The number of aromatic nitrogens is 6. The maximum Gasteiger partial charge on any atom is 0.270 e. The van der Waals surface area contributed by atoms with Crippen LogP contribution in [-0.4, -0.2) is 72.8 Å². The van der Waals surface area contributed by atoms with Crippen molar-refractivity contribution in [1.82, 2.24) is 29.8 Å². The molecule has 0 atom stereocenters. The van der Waals surface area contributed by atoms with Crippen molar-refractivity contribution in [3.63, 3.8) is 0 Å². The second-order valence-electron chi connectivity index (χ2n) is 15.3. The van der Waals surface area contributed by atoms with Gasteiger partial charge in [0.05, 0.1) is 32.6 Å². The molecular weight excluding hydrogens is 1280 g/mol. The summed E-state index contributed by atoms with van der Waals surface area (Å²) in [5.74, 6) is 0. The molecule has 62 heavy (non-hydrogen) atoms. The van der Waals surface area contributed by atoms with Crippen LogP contribution in [0, 0.1) is 20.2 Å². The van der Waals surface area contributed by atoms with E-state index in [2.05, 4.69) is 164 Å². The van der Waals surface area contributed by atoms with Gasteiger partial charge in [-0.25, -0.2) is 9.36 Å². The molecule has 0 saturated heterocycles. The number of benzene rings is 3. The smallest absolute Gasteiger partial charge is 0.270 e. The molecule has 0 aliphatic heterocycles. The predicted octanol–water partition coefficient (Wildman–Crippen LogP) is 14.4. The van der Waals surface area contributed by atoms with E-state index in [1.54, 1.807) is 29.2 Å². The molecule has 0 saturated carbocycles. The van der Waals surface area contributed by atoms with Gasteiger partial charge >= 0.3 is 0 Å². The molecule has 0 aliphatic rings. The summed E-state index contributed by atoms with van der Waals surface area (Å²) in [6.45, 7) is 24.7. The molecule has 3 aromatic carbocycles. The van der Waals surface area contributed by atoms with Crippen molar-refractivity contribution in [3.8, 4) is 0 Å². The number of nitro groups is 2. The van der Waals surface area contributed by atoms with E-state index in [1.807, 2.05) is 42.9 Å². The van der Waals surface area contributed by atoms with Crippen LogP contribution in [0.4, 0.5) is 17.1 Å². The Morgan fingerprint density at radius 1 is 0.742 bits per heavy atom. The number of anilines is 1. The Hall–Kier alpha value is -2.06. The van der Waals surface area contributed by atoms with E-state index >= 15 is 0 Å². The molecule has 0 amide bonds. The Bertz CT molecular complexity index is 2180. The number of non-ortho nitro benzene ring substituents is 2. The van der Waals surface area contributed by atoms with Gasteiger partial charge in [0.2, 0.25) is 0 Å². The van der Waals surface area contributed by atoms with Crippen molar-refractivity contribution in [2.24, 2.45) is 0 Å². The van der Waals surface area contributed by atoms with Crippen LogP contribution in [0.1, 0.15) is 42.5 Å². The fraction of sp³-hybridized carbons (Fsp3) is 0.488. The Morgan fingerprint density at radius 2 is 1.13 bits per heavy atom. The molecule has 0 spiro atoms. The van der Waals surface area contributed by atoms with Gasteiger partial charge in [-0.2, -0.15) is 15.3 Å². The number of hydrogen-bond donors (Lipinski definition) is 2. The number of alkyl halides is 4. The number of nitro benzene ring substituents is 2. The molecule has 21 heteroatoms. The van der Waals surface area contributed by atoms with Gasteiger partial charge in [0, 0.05) is 87.9 Å². The molecule has 0 fully saturated rings. The monoisotopic (exact) mass is 1350 g/mol. The van der Waals surface area contributed by atoms with Gasteiger partial charge < -0.3 is 15.2 Å². The van der Waals surface area contributed by atoms with Gasteiger partial charge in [0.25, 0.3) is 11.4 Å².